The van der Waals surface area contributed by atoms with Gasteiger partial charge in [0.25, 0.3) is 11.6 Å². The van der Waals surface area contributed by atoms with E-state index in [0.29, 0.717) is 24.4 Å². The van der Waals surface area contributed by atoms with Crippen molar-refractivity contribution in [3.8, 4) is 0 Å². The van der Waals surface area contributed by atoms with Crippen LogP contribution in [0.5, 0.6) is 0 Å². The van der Waals surface area contributed by atoms with Gasteiger partial charge in [0.15, 0.2) is 0 Å². The second-order valence-electron chi connectivity index (χ2n) is 7.96. The number of hydrogen-bond acceptors (Lipinski definition) is 6. The highest BCUT2D eigenvalue weighted by Gasteiger charge is 2.37. The first-order valence-electron chi connectivity index (χ1n) is 10.4. The smallest absolute Gasteiger partial charge is 0.330 e. The van der Waals surface area contributed by atoms with Crippen LogP contribution in [0.1, 0.15) is 50.6 Å². The SMILES string of the molecule is Cc1nc2nc(C(F)(F)F)nn2c(C)c1CCC(=O)N1CCc2sccc2[C@@H]1c1cccs1. The zero-order valence-electron chi connectivity index (χ0n) is 17.9. The van der Waals surface area contributed by atoms with Crippen molar-refractivity contribution in [2.75, 3.05) is 6.54 Å². The molecule has 4 aromatic heterocycles. The van der Waals surface area contributed by atoms with Crippen LogP contribution in [0, 0.1) is 13.8 Å². The fraction of sp³-hybridized carbons (Fsp3) is 0.364. The van der Waals surface area contributed by atoms with Gasteiger partial charge in [-0.3, -0.25) is 4.79 Å². The van der Waals surface area contributed by atoms with Crippen molar-refractivity contribution in [3.63, 3.8) is 0 Å². The summed E-state index contributed by atoms with van der Waals surface area (Å²) < 4.78 is 40.2. The zero-order valence-corrected chi connectivity index (χ0v) is 19.5. The van der Waals surface area contributed by atoms with Gasteiger partial charge in [0, 0.05) is 34.1 Å². The number of hydrogen-bond donors (Lipinski definition) is 0. The molecule has 0 radical (unpaired) electrons. The molecule has 0 aliphatic carbocycles. The topological polar surface area (TPSA) is 63.4 Å². The molecule has 4 aromatic rings. The molecule has 6 nitrogen and oxygen atoms in total. The Morgan fingerprint density at radius 1 is 1.18 bits per heavy atom. The van der Waals surface area contributed by atoms with Gasteiger partial charge in [0.05, 0.1) is 6.04 Å². The third-order valence-corrected chi connectivity index (χ3v) is 7.91. The number of thiophene rings is 2. The number of nitrogens with zero attached hydrogens (tertiary/aromatic N) is 5. The molecule has 1 amide bonds. The molecule has 0 unspecified atom stereocenters. The molecule has 172 valence electrons. The van der Waals surface area contributed by atoms with Crippen LogP contribution in [-0.2, 0) is 23.8 Å². The van der Waals surface area contributed by atoms with E-state index in [0.717, 1.165) is 21.4 Å². The van der Waals surface area contributed by atoms with Crippen LogP contribution in [0.3, 0.4) is 0 Å². The number of amides is 1. The fourth-order valence-electron chi connectivity index (χ4n) is 4.40. The van der Waals surface area contributed by atoms with Crippen molar-refractivity contribution in [2.24, 2.45) is 0 Å². The Hall–Kier alpha value is -2.79. The monoisotopic (exact) mass is 491 g/mol. The van der Waals surface area contributed by atoms with Gasteiger partial charge < -0.3 is 4.90 Å². The highest BCUT2D eigenvalue weighted by molar-refractivity contribution is 7.10. The lowest BCUT2D eigenvalue weighted by molar-refractivity contribution is -0.144. The maximum Gasteiger partial charge on any atom is 0.453 e. The van der Waals surface area contributed by atoms with Crippen molar-refractivity contribution in [3.05, 3.63) is 67.1 Å². The molecular formula is C22H20F3N5OS2. The van der Waals surface area contributed by atoms with Gasteiger partial charge in [-0.25, -0.2) is 9.50 Å². The molecule has 1 atom stereocenters. The molecule has 33 heavy (non-hydrogen) atoms. The van der Waals surface area contributed by atoms with Gasteiger partial charge >= 0.3 is 6.18 Å². The molecule has 0 fully saturated rings. The Bertz CT molecular complexity index is 1330. The van der Waals surface area contributed by atoms with E-state index < -0.39 is 12.0 Å². The lowest BCUT2D eigenvalue weighted by Crippen LogP contribution is -2.39. The van der Waals surface area contributed by atoms with E-state index in [9.17, 15) is 18.0 Å². The predicted octanol–water partition coefficient (Wildman–Crippen LogP) is 4.99. The molecule has 1 aliphatic heterocycles. The molecule has 0 saturated heterocycles. The first-order valence-corrected chi connectivity index (χ1v) is 12.2. The summed E-state index contributed by atoms with van der Waals surface area (Å²) in [6.45, 7) is 4.05. The van der Waals surface area contributed by atoms with Crippen LogP contribution in [0.2, 0.25) is 0 Å². The summed E-state index contributed by atoms with van der Waals surface area (Å²) in [6.07, 6.45) is -3.22. The van der Waals surface area contributed by atoms with Crippen LogP contribution in [0.4, 0.5) is 13.2 Å². The number of rotatable bonds is 4. The Morgan fingerprint density at radius 2 is 2.00 bits per heavy atom. The van der Waals surface area contributed by atoms with Crippen LogP contribution < -0.4 is 0 Å². The number of alkyl halides is 3. The Labute approximate surface area is 195 Å². The third-order valence-electron chi connectivity index (χ3n) is 5.99. The van der Waals surface area contributed by atoms with E-state index in [2.05, 4.69) is 32.6 Å². The molecule has 0 N–H and O–H groups in total. The van der Waals surface area contributed by atoms with Gasteiger partial charge in [-0.2, -0.15) is 18.2 Å². The van der Waals surface area contributed by atoms with Crippen LogP contribution in [0.25, 0.3) is 5.78 Å². The number of fused-ring (bicyclic) bond motifs is 2. The Kier molecular flexibility index (Phi) is 5.48. The standard InChI is InChI=1S/C22H20F3N5OS2/c1-12-14(13(2)30-21(26-12)27-20(28-30)22(23,24)25)5-6-18(31)29-9-7-16-15(8-11-33-16)19(29)17-4-3-10-32-17/h3-4,8,10-11,19H,5-7,9H2,1-2H3/t19-/m1/s1. The van der Waals surface area contributed by atoms with Gasteiger partial charge in [-0.15, -0.1) is 27.8 Å². The number of carbonyl (C=O) groups is 1. The van der Waals surface area contributed by atoms with E-state index >= 15 is 0 Å². The maximum absolute atomic E-state index is 13.4. The zero-order chi connectivity index (χ0) is 23.3. The highest BCUT2D eigenvalue weighted by Crippen LogP contribution is 2.40. The average molecular weight is 492 g/mol. The Balaban J connectivity index is 1.41. The van der Waals surface area contributed by atoms with Gasteiger partial charge in [0.2, 0.25) is 5.91 Å². The third kappa shape index (κ3) is 3.93. The summed E-state index contributed by atoms with van der Waals surface area (Å²) in [5.41, 5.74) is 2.97. The molecule has 1 aliphatic rings. The van der Waals surface area contributed by atoms with E-state index in [1.165, 1.54) is 10.4 Å². The fourth-order valence-corrected chi connectivity index (χ4v) is 6.16. The largest absolute Gasteiger partial charge is 0.453 e. The predicted molar refractivity (Wildman–Crippen MR) is 119 cm³/mol. The van der Waals surface area contributed by atoms with Crippen LogP contribution in [-0.4, -0.2) is 36.9 Å². The normalized spacial score (nSPS) is 16.4. The summed E-state index contributed by atoms with van der Waals surface area (Å²) in [5.74, 6) is -1.30. The van der Waals surface area contributed by atoms with Crippen molar-refractivity contribution in [1.29, 1.82) is 0 Å². The highest BCUT2D eigenvalue weighted by atomic mass is 32.1. The van der Waals surface area contributed by atoms with Crippen molar-refractivity contribution >= 4 is 34.4 Å². The lowest BCUT2D eigenvalue weighted by Gasteiger charge is -2.35. The summed E-state index contributed by atoms with van der Waals surface area (Å²) >= 11 is 3.35. The average Bonchev–Trinajstić information content (AvgIpc) is 3.51. The van der Waals surface area contributed by atoms with E-state index in [1.54, 1.807) is 36.5 Å². The molecular weight excluding hydrogens is 471 g/mol. The minimum absolute atomic E-state index is 0.0127. The maximum atomic E-state index is 13.4. The molecule has 0 bridgehead atoms. The van der Waals surface area contributed by atoms with Crippen molar-refractivity contribution in [1.82, 2.24) is 24.5 Å². The molecule has 0 aromatic carbocycles. The molecule has 0 spiro atoms. The van der Waals surface area contributed by atoms with Crippen molar-refractivity contribution < 1.29 is 18.0 Å². The van der Waals surface area contributed by atoms with Crippen LogP contribution in [0.15, 0.2) is 29.0 Å². The second kappa shape index (κ2) is 8.21. The Morgan fingerprint density at radius 3 is 2.73 bits per heavy atom. The first-order chi connectivity index (χ1) is 15.7. The van der Waals surface area contributed by atoms with Crippen molar-refractivity contribution in [2.45, 2.75) is 45.3 Å². The number of halogens is 3. The van der Waals surface area contributed by atoms with Gasteiger partial charge in [0.1, 0.15) is 0 Å². The number of aromatic nitrogens is 4. The van der Waals surface area contributed by atoms with E-state index in [1.807, 2.05) is 16.3 Å². The molecule has 5 heterocycles. The molecule has 11 heteroatoms. The summed E-state index contributed by atoms with van der Waals surface area (Å²) in [4.78, 5) is 25.4. The quantitative estimate of drug-likeness (QED) is 0.404. The summed E-state index contributed by atoms with van der Waals surface area (Å²) in [7, 11) is 0. The van der Waals surface area contributed by atoms with Gasteiger partial charge in [-0.05, 0) is 60.7 Å². The number of aryl methyl sites for hydroxylation is 2. The molecule has 0 saturated carbocycles. The number of carbonyl (C=O) groups excluding carboxylic acids is 1. The minimum atomic E-state index is -4.64. The molecule has 5 rings (SSSR count). The summed E-state index contributed by atoms with van der Waals surface area (Å²) in [6, 6.07) is 6.04. The van der Waals surface area contributed by atoms with Gasteiger partial charge in [-0.1, -0.05) is 6.07 Å². The lowest BCUT2D eigenvalue weighted by atomic mass is 9.97. The first kappa shape index (κ1) is 22.0. The van der Waals surface area contributed by atoms with E-state index in [4.69, 9.17) is 0 Å². The minimum Gasteiger partial charge on any atom is -0.330 e. The van der Waals surface area contributed by atoms with E-state index in [-0.39, 0.29) is 24.1 Å². The second-order valence-corrected chi connectivity index (χ2v) is 9.94. The summed E-state index contributed by atoms with van der Waals surface area (Å²) in [5, 5.41) is 7.68. The van der Waals surface area contributed by atoms with Crippen LogP contribution >= 0.6 is 22.7 Å².